The number of nitrogens with two attached hydrogens (primary N) is 2. The van der Waals surface area contributed by atoms with Crippen molar-refractivity contribution in [1.82, 2.24) is 4.31 Å². The van der Waals surface area contributed by atoms with Gasteiger partial charge >= 0.3 is 0 Å². The number of rotatable bonds is 6. The molecule has 9 heteroatoms. The monoisotopic (exact) mass is 304 g/mol. The zero-order valence-electron chi connectivity index (χ0n) is 11.2. The van der Waals surface area contributed by atoms with E-state index in [4.69, 9.17) is 11.5 Å². The third-order valence-electron chi connectivity index (χ3n) is 2.64. The minimum absolute atomic E-state index is 0.0143. The van der Waals surface area contributed by atoms with Crippen molar-refractivity contribution < 1.29 is 17.6 Å². The molecule has 1 amide bonds. The molecule has 0 aliphatic carbocycles. The van der Waals surface area contributed by atoms with Gasteiger partial charge in [0, 0.05) is 26.3 Å². The van der Waals surface area contributed by atoms with Gasteiger partial charge in [0.05, 0.1) is 17.0 Å². The summed E-state index contributed by atoms with van der Waals surface area (Å²) in [5.74, 6) is -1.68. The van der Waals surface area contributed by atoms with Gasteiger partial charge in [-0.15, -0.1) is 0 Å². The van der Waals surface area contributed by atoms with E-state index in [1.54, 1.807) is 0 Å². The maximum Gasteiger partial charge on any atom is 0.250 e. The zero-order valence-corrected chi connectivity index (χ0v) is 12.0. The third kappa shape index (κ3) is 3.81. The number of nitrogens with zero attached hydrogens (tertiary/aromatic N) is 1. The van der Waals surface area contributed by atoms with Crippen LogP contribution in [0.2, 0.25) is 0 Å². The minimum Gasteiger partial charge on any atom is -0.398 e. The fourth-order valence-electron chi connectivity index (χ4n) is 1.43. The lowest BCUT2D eigenvalue weighted by Gasteiger charge is -2.13. The van der Waals surface area contributed by atoms with Crippen LogP contribution in [0.4, 0.5) is 15.8 Å². The predicted molar refractivity (Wildman–Crippen MR) is 75.3 cm³/mol. The number of primary amides is 1. The van der Waals surface area contributed by atoms with Gasteiger partial charge < -0.3 is 16.8 Å². The zero-order chi connectivity index (χ0) is 15.5. The highest BCUT2D eigenvalue weighted by Crippen LogP contribution is 2.21. The summed E-state index contributed by atoms with van der Waals surface area (Å²) in [5, 5.41) is 2.60. The molecule has 20 heavy (non-hydrogen) atoms. The molecule has 7 nitrogen and oxygen atoms in total. The van der Waals surface area contributed by atoms with Crippen LogP contribution >= 0.6 is 0 Å². The molecule has 0 atom stereocenters. The second-order valence-corrected chi connectivity index (χ2v) is 6.61. The number of amides is 1. The summed E-state index contributed by atoms with van der Waals surface area (Å²) in [4.78, 5) is 11.1. The standard InChI is InChI=1S/C11H17FN4O3S/c1-16(2)20(18,19)4-3-15-10-5-7(11(14)17)9(13)6-8(10)12/h5-6,15H,3-4,13H2,1-2H3,(H2,14,17). The maximum absolute atomic E-state index is 13.6. The fraction of sp³-hybridized carbons (Fsp3) is 0.364. The van der Waals surface area contributed by atoms with Crippen LogP contribution < -0.4 is 16.8 Å². The van der Waals surface area contributed by atoms with Gasteiger partial charge in [0.2, 0.25) is 10.0 Å². The summed E-state index contributed by atoms with van der Waals surface area (Å²) in [6.45, 7) is -0.0143. The van der Waals surface area contributed by atoms with Crippen LogP contribution in [0, 0.1) is 5.82 Å². The average molecular weight is 304 g/mol. The summed E-state index contributed by atoms with van der Waals surface area (Å²) >= 11 is 0. The molecule has 0 aliphatic heterocycles. The van der Waals surface area contributed by atoms with E-state index in [9.17, 15) is 17.6 Å². The number of carbonyl (C=O) groups is 1. The van der Waals surface area contributed by atoms with Crippen molar-refractivity contribution in [3.05, 3.63) is 23.5 Å². The van der Waals surface area contributed by atoms with E-state index in [2.05, 4.69) is 5.32 Å². The van der Waals surface area contributed by atoms with Crippen LogP contribution in [0.1, 0.15) is 10.4 Å². The molecule has 0 fully saturated rings. The van der Waals surface area contributed by atoms with E-state index in [-0.39, 0.29) is 29.2 Å². The van der Waals surface area contributed by atoms with Gasteiger partial charge in [-0.3, -0.25) is 4.79 Å². The number of benzene rings is 1. The molecule has 0 saturated carbocycles. The molecule has 5 N–H and O–H groups in total. The Morgan fingerprint density at radius 3 is 2.50 bits per heavy atom. The van der Waals surface area contributed by atoms with Crippen LogP contribution in [0.3, 0.4) is 0 Å². The lowest BCUT2D eigenvalue weighted by Crippen LogP contribution is -2.28. The molecule has 1 rings (SSSR count). The van der Waals surface area contributed by atoms with E-state index in [0.29, 0.717) is 0 Å². The molecular formula is C11H17FN4O3S. The molecular weight excluding hydrogens is 287 g/mol. The molecule has 1 aromatic carbocycles. The van der Waals surface area contributed by atoms with Crippen molar-refractivity contribution in [2.45, 2.75) is 0 Å². The summed E-state index contributed by atoms with van der Waals surface area (Å²) in [5.41, 5.74) is 10.4. The first-order valence-electron chi connectivity index (χ1n) is 5.68. The quantitative estimate of drug-likeness (QED) is 0.629. The molecule has 0 bridgehead atoms. The van der Waals surface area contributed by atoms with E-state index < -0.39 is 21.7 Å². The first-order chi connectivity index (χ1) is 9.15. The Labute approximate surface area is 116 Å². The Hall–Kier alpha value is -1.87. The number of hydrogen-bond acceptors (Lipinski definition) is 5. The smallest absolute Gasteiger partial charge is 0.250 e. The molecule has 0 radical (unpaired) electrons. The molecule has 0 aromatic heterocycles. The normalized spacial score (nSPS) is 11.6. The SMILES string of the molecule is CN(C)S(=O)(=O)CCNc1cc(C(N)=O)c(N)cc1F. The number of sulfonamides is 1. The van der Waals surface area contributed by atoms with E-state index in [1.165, 1.54) is 14.1 Å². The highest BCUT2D eigenvalue weighted by Gasteiger charge is 2.15. The first-order valence-corrected chi connectivity index (χ1v) is 7.29. The Balaban J connectivity index is 2.84. The summed E-state index contributed by atoms with van der Waals surface area (Å²) in [7, 11) is -0.570. The second kappa shape index (κ2) is 6.06. The second-order valence-electron chi connectivity index (χ2n) is 4.31. The Morgan fingerprint density at radius 2 is 2.00 bits per heavy atom. The highest BCUT2D eigenvalue weighted by molar-refractivity contribution is 7.89. The summed E-state index contributed by atoms with van der Waals surface area (Å²) in [6, 6.07) is 2.12. The molecule has 112 valence electrons. The summed E-state index contributed by atoms with van der Waals surface area (Å²) < 4.78 is 37.8. The van der Waals surface area contributed by atoms with Crippen molar-refractivity contribution in [1.29, 1.82) is 0 Å². The average Bonchev–Trinajstić information content (AvgIpc) is 2.31. The largest absolute Gasteiger partial charge is 0.398 e. The Morgan fingerprint density at radius 1 is 1.40 bits per heavy atom. The Kier molecular flexibility index (Phi) is 4.90. The van der Waals surface area contributed by atoms with Crippen LogP contribution in [0.25, 0.3) is 0 Å². The van der Waals surface area contributed by atoms with Gasteiger partial charge in [-0.25, -0.2) is 17.1 Å². The molecule has 0 spiro atoms. The number of halogens is 1. The van der Waals surface area contributed by atoms with E-state index in [1.807, 2.05) is 0 Å². The Bertz CT molecular complexity index is 616. The van der Waals surface area contributed by atoms with Gasteiger partial charge in [-0.2, -0.15) is 0 Å². The maximum atomic E-state index is 13.6. The van der Waals surface area contributed by atoms with Crippen molar-refractivity contribution in [2.24, 2.45) is 5.73 Å². The van der Waals surface area contributed by atoms with Gasteiger partial charge in [-0.05, 0) is 12.1 Å². The van der Waals surface area contributed by atoms with Crippen molar-refractivity contribution in [3.63, 3.8) is 0 Å². The van der Waals surface area contributed by atoms with Crippen molar-refractivity contribution >= 4 is 27.3 Å². The first kappa shape index (κ1) is 16.2. The number of hydrogen-bond donors (Lipinski definition) is 3. The van der Waals surface area contributed by atoms with Gasteiger partial charge in [0.15, 0.2) is 0 Å². The number of anilines is 2. The third-order valence-corrected chi connectivity index (χ3v) is 4.47. The summed E-state index contributed by atoms with van der Waals surface area (Å²) in [6.07, 6.45) is 0. The van der Waals surface area contributed by atoms with Crippen LogP contribution in [0.15, 0.2) is 12.1 Å². The number of nitrogens with one attached hydrogen (secondary N) is 1. The molecule has 0 heterocycles. The minimum atomic E-state index is -3.38. The molecule has 0 unspecified atom stereocenters. The van der Waals surface area contributed by atoms with Crippen molar-refractivity contribution in [3.8, 4) is 0 Å². The lowest BCUT2D eigenvalue weighted by molar-refractivity contribution is 0.100. The number of nitrogen functional groups attached to an aromatic ring is 1. The fourth-order valence-corrected chi connectivity index (χ4v) is 2.16. The lowest BCUT2D eigenvalue weighted by atomic mass is 10.1. The van der Waals surface area contributed by atoms with Crippen LogP contribution in [-0.2, 0) is 10.0 Å². The van der Waals surface area contributed by atoms with Gasteiger partial charge in [0.25, 0.3) is 5.91 Å². The molecule has 0 saturated heterocycles. The topological polar surface area (TPSA) is 119 Å². The predicted octanol–water partition coefficient (Wildman–Crippen LogP) is -0.190. The number of carbonyl (C=O) groups excluding carboxylic acids is 1. The van der Waals surface area contributed by atoms with E-state index in [0.717, 1.165) is 16.4 Å². The van der Waals surface area contributed by atoms with Crippen LogP contribution in [-0.4, -0.2) is 45.0 Å². The van der Waals surface area contributed by atoms with Gasteiger partial charge in [0.1, 0.15) is 5.82 Å². The molecule has 0 aliphatic rings. The van der Waals surface area contributed by atoms with Crippen molar-refractivity contribution in [2.75, 3.05) is 37.4 Å². The highest BCUT2D eigenvalue weighted by atomic mass is 32.2. The van der Waals surface area contributed by atoms with E-state index >= 15 is 0 Å². The van der Waals surface area contributed by atoms with Crippen LogP contribution in [0.5, 0.6) is 0 Å². The van der Waals surface area contributed by atoms with Gasteiger partial charge in [-0.1, -0.05) is 0 Å². The molecule has 1 aromatic rings.